The van der Waals surface area contributed by atoms with Gasteiger partial charge in [-0.05, 0) is 67.3 Å². The molecule has 0 radical (unpaired) electrons. The second-order valence-corrected chi connectivity index (χ2v) is 8.57. The first kappa shape index (κ1) is 21.5. The fourth-order valence-corrected chi connectivity index (χ4v) is 4.18. The van der Waals surface area contributed by atoms with E-state index in [2.05, 4.69) is 10.0 Å². The van der Waals surface area contributed by atoms with Gasteiger partial charge in [0.1, 0.15) is 5.82 Å². The van der Waals surface area contributed by atoms with Crippen LogP contribution in [0.4, 0.5) is 10.1 Å². The third kappa shape index (κ3) is 5.45. The Morgan fingerprint density at radius 1 is 0.933 bits per heavy atom. The van der Waals surface area contributed by atoms with Crippen molar-refractivity contribution in [1.29, 1.82) is 0 Å². The minimum Gasteiger partial charge on any atom is -0.352 e. The number of hydrogen-bond acceptors (Lipinski definition) is 3. The molecule has 3 rings (SSSR count). The van der Waals surface area contributed by atoms with Crippen LogP contribution in [0.1, 0.15) is 27.9 Å². The lowest BCUT2D eigenvalue weighted by molar-refractivity contribution is 0.0952. The van der Waals surface area contributed by atoms with Gasteiger partial charge >= 0.3 is 0 Å². The lowest BCUT2D eigenvalue weighted by Gasteiger charge is -2.14. The molecule has 3 aromatic rings. The van der Waals surface area contributed by atoms with Gasteiger partial charge < -0.3 is 5.32 Å². The van der Waals surface area contributed by atoms with E-state index in [1.807, 2.05) is 0 Å². The second-order valence-electron chi connectivity index (χ2n) is 6.88. The molecule has 7 heteroatoms. The Morgan fingerprint density at radius 2 is 1.63 bits per heavy atom. The molecule has 0 aliphatic carbocycles. The van der Waals surface area contributed by atoms with Crippen LogP contribution in [0, 0.1) is 12.7 Å². The van der Waals surface area contributed by atoms with Crippen LogP contribution < -0.4 is 10.0 Å². The molecule has 0 unspecified atom stereocenters. The normalized spacial score (nSPS) is 11.1. The molecule has 0 spiro atoms. The zero-order chi connectivity index (χ0) is 21.6. The summed E-state index contributed by atoms with van der Waals surface area (Å²) in [6.45, 7) is 2.16. The van der Waals surface area contributed by atoms with Crippen molar-refractivity contribution < 1.29 is 17.6 Å². The van der Waals surface area contributed by atoms with Gasteiger partial charge in [0.2, 0.25) is 0 Å². The summed E-state index contributed by atoms with van der Waals surface area (Å²) in [4.78, 5) is 12.7. The molecule has 2 N–H and O–H groups in total. The zero-order valence-electron chi connectivity index (χ0n) is 16.6. The summed E-state index contributed by atoms with van der Waals surface area (Å²) < 4.78 is 40.6. The van der Waals surface area contributed by atoms with Gasteiger partial charge in [-0.1, -0.05) is 36.4 Å². The number of carbonyl (C=O) groups is 1. The standard InChI is InChI=1S/C23H23FN2O3S/c1-17-21(23(27)25-16-6-7-18-12-14-19(24)15-13-18)10-5-11-22(17)26-30(28,29)20-8-3-2-4-9-20/h2-5,8-15,26H,6-7,16H2,1H3,(H,25,27). The number of hydrogen-bond donors (Lipinski definition) is 2. The maximum atomic E-state index is 12.9. The Labute approximate surface area is 176 Å². The van der Waals surface area contributed by atoms with Gasteiger partial charge in [0.15, 0.2) is 0 Å². The summed E-state index contributed by atoms with van der Waals surface area (Å²) in [5.74, 6) is -0.544. The molecule has 0 heterocycles. The number of nitrogens with one attached hydrogen (secondary N) is 2. The van der Waals surface area contributed by atoms with Crippen LogP contribution >= 0.6 is 0 Å². The van der Waals surface area contributed by atoms with Crippen molar-refractivity contribution in [2.45, 2.75) is 24.7 Å². The maximum absolute atomic E-state index is 12.9. The summed E-state index contributed by atoms with van der Waals surface area (Å²) in [5.41, 5.74) is 2.31. The van der Waals surface area contributed by atoms with Crippen molar-refractivity contribution in [3.8, 4) is 0 Å². The van der Waals surface area contributed by atoms with Crippen LogP contribution in [-0.2, 0) is 16.4 Å². The van der Waals surface area contributed by atoms with E-state index in [-0.39, 0.29) is 16.6 Å². The smallest absolute Gasteiger partial charge is 0.261 e. The number of carbonyl (C=O) groups excluding carboxylic acids is 1. The lowest BCUT2D eigenvalue weighted by atomic mass is 10.1. The van der Waals surface area contributed by atoms with E-state index in [0.29, 0.717) is 29.8 Å². The molecular weight excluding hydrogens is 403 g/mol. The van der Waals surface area contributed by atoms with Gasteiger partial charge in [0.25, 0.3) is 15.9 Å². The average Bonchev–Trinajstić information content (AvgIpc) is 2.74. The Kier molecular flexibility index (Phi) is 6.84. The topological polar surface area (TPSA) is 75.3 Å². The third-order valence-corrected chi connectivity index (χ3v) is 6.10. The molecule has 0 saturated carbocycles. The minimum absolute atomic E-state index is 0.153. The van der Waals surface area contributed by atoms with E-state index in [4.69, 9.17) is 0 Å². The Hall–Kier alpha value is -3.19. The number of amides is 1. The van der Waals surface area contributed by atoms with Gasteiger partial charge in [-0.3, -0.25) is 9.52 Å². The molecular formula is C23H23FN2O3S. The van der Waals surface area contributed by atoms with E-state index in [1.54, 1.807) is 55.5 Å². The van der Waals surface area contributed by atoms with E-state index < -0.39 is 10.0 Å². The molecule has 5 nitrogen and oxygen atoms in total. The summed E-state index contributed by atoms with van der Waals surface area (Å²) in [6.07, 6.45) is 1.42. The highest BCUT2D eigenvalue weighted by Gasteiger charge is 2.17. The number of sulfonamides is 1. The molecule has 0 saturated heterocycles. The summed E-state index contributed by atoms with van der Waals surface area (Å²) in [7, 11) is -3.74. The zero-order valence-corrected chi connectivity index (χ0v) is 17.4. The van der Waals surface area contributed by atoms with Crippen LogP contribution in [0.2, 0.25) is 0 Å². The molecule has 30 heavy (non-hydrogen) atoms. The lowest BCUT2D eigenvalue weighted by Crippen LogP contribution is -2.26. The van der Waals surface area contributed by atoms with E-state index in [9.17, 15) is 17.6 Å². The third-order valence-electron chi connectivity index (χ3n) is 4.72. The molecule has 0 bridgehead atoms. The van der Waals surface area contributed by atoms with Crippen LogP contribution in [0.15, 0.2) is 77.7 Å². The van der Waals surface area contributed by atoms with Gasteiger partial charge in [0.05, 0.1) is 10.6 Å². The predicted octanol–water partition coefficient (Wildman–Crippen LogP) is 4.30. The first-order valence-corrected chi connectivity index (χ1v) is 11.1. The van der Waals surface area contributed by atoms with Gasteiger partial charge in [0, 0.05) is 12.1 Å². The molecule has 0 fully saturated rings. The highest BCUT2D eigenvalue weighted by Crippen LogP contribution is 2.22. The Bertz CT molecular complexity index is 1110. The predicted molar refractivity (Wildman–Crippen MR) is 115 cm³/mol. The number of aryl methyl sites for hydroxylation is 1. The molecule has 0 atom stereocenters. The summed E-state index contributed by atoms with van der Waals surface area (Å²) in [5, 5.41) is 2.85. The summed E-state index contributed by atoms with van der Waals surface area (Å²) in [6, 6.07) is 19.3. The van der Waals surface area contributed by atoms with E-state index in [1.165, 1.54) is 24.3 Å². The van der Waals surface area contributed by atoms with Crippen molar-refractivity contribution in [3.05, 3.63) is 95.3 Å². The van der Waals surface area contributed by atoms with Crippen LogP contribution in [0.5, 0.6) is 0 Å². The van der Waals surface area contributed by atoms with Crippen molar-refractivity contribution in [1.82, 2.24) is 5.32 Å². The van der Waals surface area contributed by atoms with Crippen molar-refractivity contribution >= 4 is 21.6 Å². The number of halogens is 1. The van der Waals surface area contributed by atoms with Crippen LogP contribution in [-0.4, -0.2) is 20.9 Å². The first-order chi connectivity index (χ1) is 14.4. The second kappa shape index (κ2) is 9.54. The highest BCUT2D eigenvalue weighted by molar-refractivity contribution is 7.92. The fourth-order valence-electron chi connectivity index (χ4n) is 3.04. The molecule has 0 aliphatic rings. The van der Waals surface area contributed by atoms with Gasteiger partial charge in [-0.15, -0.1) is 0 Å². The molecule has 0 aromatic heterocycles. The van der Waals surface area contributed by atoms with Gasteiger partial charge in [-0.2, -0.15) is 0 Å². The molecule has 3 aromatic carbocycles. The largest absolute Gasteiger partial charge is 0.352 e. The molecule has 156 valence electrons. The molecule has 0 aliphatic heterocycles. The van der Waals surface area contributed by atoms with Crippen molar-refractivity contribution in [2.75, 3.05) is 11.3 Å². The minimum atomic E-state index is -3.74. The van der Waals surface area contributed by atoms with Crippen LogP contribution in [0.25, 0.3) is 0 Å². The van der Waals surface area contributed by atoms with Crippen molar-refractivity contribution in [2.24, 2.45) is 0 Å². The molecule has 1 amide bonds. The SMILES string of the molecule is Cc1c(NS(=O)(=O)c2ccccc2)cccc1C(=O)NCCCc1ccc(F)cc1. The number of rotatable bonds is 8. The Balaban J connectivity index is 1.62. The average molecular weight is 427 g/mol. The fraction of sp³-hybridized carbons (Fsp3) is 0.174. The monoisotopic (exact) mass is 426 g/mol. The number of anilines is 1. The quantitative estimate of drug-likeness (QED) is 0.528. The number of benzene rings is 3. The maximum Gasteiger partial charge on any atom is 0.261 e. The Morgan fingerprint density at radius 3 is 2.33 bits per heavy atom. The van der Waals surface area contributed by atoms with E-state index in [0.717, 1.165) is 12.0 Å². The first-order valence-electron chi connectivity index (χ1n) is 9.57. The highest BCUT2D eigenvalue weighted by atomic mass is 32.2. The summed E-state index contributed by atoms with van der Waals surface area (Å²) >= 11 is 0. The van der Waals surface area contributed by atoms with E-state index >= 15 is 0 Å². The van der Waals surface area contributed by atoms with Crippen molar-refractivity contribution in [3.63, 3.8) is 0 Å². The van der Waals surface area contributed by atoms with Gasteiger partial charge in [-0.25, -0.2) is 12.8 Å². The van der Waals surface area contributed by atoms with Crippen LogP contribution in [0.3, 0.4) is 0 Å².